The molecule has 1 rings (SSSR count). The molecule has 0 bridgehead atoms. The van der Waals surface area contributed by atoms with Crippen molar-refractivity contribution >= 4 is 11.8 Å². The summed E-state index contributed by atoms with van der Waals surface area (Å²) in [5.41, 5.74) is 5.48. The fourth-order valence-corrected chi connectivity index (χ4v) is 1.65. The number of rotatable bonds is 2. The summed E-state index contributed by atoms with van der Waals surface area (Å²) in [6.45, 7) is 4.43. The molecule has 3 N–H and O–H groups in total. The summed E-state index contributed by atoms with van der Waals surface area (Å²) in [4.78, 5) is 23.9. The second-order valence-electron chi connectivity index (χ2n) is 3.76. The summed E-state index contributed by atoms with van der Waals surface area (Å²) in [7, 11) is 0. The van der Waals surface area contributed by atoms with Gasteiger partial charge in [0, 0.05) is 26.1 Å². The minimum atomic E-state index is -0.453. The maximum atomic E-state index is 11.5. The van der Waals surface area contributed by atoms with Crippen molar-refractivity contribution in [3.05, 3.63) is 0 Å². The van der Waals surface area contributed by atoms with Gasteiger partial charge in [0.25, 0.3) is 0 Å². The fraction of sp³-hybridized carbons (Fsp3) is 0.778. The monoisotopic (exact) mass is 199 g/mol. The van der Waals surface area contributed by atoms with E-state index in [1.54, 1.807) is 11.8 Å². The lowest BCUT2D eigenvalue weighted by Gasteiger charge is -2.18. The lowest BCUT2D eigenvalue weighted by Crippen LogP contribution is -2.43. The minimum absolute atomic E-state index is 0.0437. The number of hydrogen-bond acceptors (Lipinski definition) is 3. The van der Waals surface area contributed by atoms with E-state index in [1.165, 1.54) is 6.92 Å². The van der Waals surface area contributed by atoms with Crippen LogP contribution in [-0.4, -0.2) is 41.9 Å². The summed E-state index contributed by atoms with van der Waals surface area (Å²) in [5.74, 6) is -0.0945. The van der Waals surface area contributed by atoms with Gasteiger partial charge in [0.05, 0.1) is 6.04 Å². The standard InChI is InChI=1S/C9H17N3O2/c1-6(10)9(14)12-4-3-8(5-12)11-7(2)13/h6,8H,3-5,10H2,1-2H3,(H,11,13)/t6-,8?/m0/s1. The predicted molar refractivity (Wildman–Crippen MR) is 52.5 cm³/mol. The number of likely N-dealkylation sites (tertiary alicyclic amines) is 1. The van der Waals surface area contributed by atoms with Gasteiger partial charge in [-0.15, -0.1) is 0 Å². The lowest BCUT2D eigenvalue weighted by molar-refractivity contribution is -0.131. The lowest BCUT2D eigenvalue weighted by atomic mass is 10.2. The molecule has 1 heterocycles. The van der Waals surface area contributed by atoms with Gasteiger partial charge in [0.1, 0.15) is 0 Å². The molecule has 5 nitrogen and oxygen atoms in total. The number of nitrogens with one attached hydrogen (secondary N) is 1. The van der Waals surface area contributed by atoms with Crippen LogP contribution in [0.5, 0.6) is 0 Å². The Morgan fingerprint density at radius 2 is 2.21 bits per heavy atom. The number of carbonyl (C=O) groups is 2. The summed E-state index contributed by atoms with van der Waals surface area (Å²) in [6.07, 6.45) is 0.818. The zero-order chi connectivity index (χ0) is 10.7. The zero-order valence-electron chi connectivity index (χ0n) is 8.62. The van der Waals surface area contributed by atoms with Gasteiger partial charge in [-0.1, -0.05) is 0 Å². The van der Waals surface area contributed by atoms with Gasteiger partial charge in [-0.25, -0.2) is 0 Å². The second kappa shape index (κ2) is 4.41. The molecule has 2 amide bonds. The van der Waals surface area contributed by atoms with Crippen LogP contribution in [0.1, 0.15) is 20.3 Å². The van der Waals surface area contributed by atoms with Crippen LogP contribution >= 0.6 is 0 Å². The van der Waals surface area contributed by atoms with E-state index in [1.807, 2.05) is 0 Å². The van der Waals surface area contributed by atoms with Crippen LogP contribution in [0.4, 0.5) is 0 Å². The Balaban J connectivity index is 2.41. The topological polar surface area (TPSA) is 75.4 Å². The van der Waals surface area contributed by atoms with Crippen LogP contribution in [0.2, 0.25) is 0 Å². The highest BCUT2D eigenvalue weighted by Crippen LogP contribution is 2.09. The van der Waals surface area contributed by atoms with Gasteiger partial charge >= 0.3 is 0 Å². The average molecular weight is 199 g/mol. The van der Waals surface area contributed by atoms with Crippen molar-refractivity contribution in [3.8, 4) is 0 Å². The minimum Gasteiger partial charge on any atom is -0.352 e. The molecule has 0 radical (unpaired) electrons. The molecule has 1 aliphatic heterocycles. The number of hydrogen-bond donors (Lipinski definition) is 2. The van der Waals surface area contributed by atoms with Gasteiger partial charge in [-0.3, -0.25) is 9.59 Å². The number of nitrogens with two attached hydrogens (primary N) is 1. The highest BCUT2D eigenvalue weighted by atomic mass is 16.2. The van der Waals surface area contributed by atoms with Gasteiger partial charge in [-0.2, -0.15) is 0 Å². The number of nitrogens with zero attached hydrogens (tertiary/aromatic N) is 1. The van der Waals surface area contributed by atoms with E-state index in [0.29, 0.717) is 13.1 Å². The first-order valence-corrected chi connectivity index (χ1v) is 4.82. The number of amides is 2. The molecule has 1 aliphatic rings. The molecule has 1 saturated heterocycles. The van der Waals surface area contributed by atoms with Gasteiger partial charge < -0.3 is 16.0 Å². The Morgan fingerprint density at radius 1 is 1.57 bits per heavy atom. The molecule has 5 heteroatoms. The van der Waals surface area contributed by atoms with Crippen molar-refractivity contribution in [1.29, 1.82) is 0 Å². The van der Waals surface area contributed by atoms with Gasteiger partial charge in [0.15, 0.2) is 0 Å². The van der Waals surface area contributed by atoms with E-state index < -0.39 is 6.04 Å². The first-order valence-electron chi connectivity index (χ1n) is 4.82. The van der Waals surface area contributed by atoms with Crippen LogP contribution < -0.4 is 11.1 Å². The van der Waals surface area contributed by atoms with Crippen LogP contribution in [0.25, 0.3) is 0 Å². The van der Waals surface area contributed by atoms with E-state index in [-0.39, 0.29) is 17.9 Å². The zero-order valence-corrected chi connectivity index (χ0v) is 8.62. The molecule has 1 fully saturated rings. The third-order valence-electron chi connectivity index (χ3n) is 2.30. The van der Waals surface area contributed by atoms with E-state index in [9.17, 15) is 9.59 Å². The Bertz CT molecular complexity index is 240. The molecule has 0 aliphatic carbocycles. The Morgan fingerprint density at radius 3 is 2.71 bits per heavy atom. The van der Waals surface area contributed by atoms with Crippen molar-refractivity contribution in [2.45, 2.75) is 32.4 Å². The molecule has 0 spiro atoms. The summed E-state index contributed by atoms with van der Waals surface area (Å²) in [5, 5.41) is 2.79. The molecular formula is C9H17N3O2. The first kappa shape index (κ1) is 11.0. The van der Waals surface area contributed by atoms with Gasteiger partial charge in [-0.05, 0) is 13.3 Å². The maximum Gasteiger partial charge on any atom is 0.239 e. The Hall–Kier alpha value is -1.10. The molecule has 80 valence electrons. The quantitative estimate of drug-likeness (QED) is 0.603. The van der Waals surface area contributed by atoms with Crippen molar-refractivity contribution in [2.24, 2.45) is 5.73 Å². The SMILES string of the molecule is CC(=O)NC1CCN(C(=O)[C@H](C)N)C1. The number of carbonyl (C=O) groups excluding carboxylic acids is 2. The highest BCUT2D eigenvalue weighted by molar-refractivity contribution is 5.81. The largest absolute Gasteiger partial charge is 0.352 e. The molecule has 0 aromatic rings. The predicted octanol–water partition coefficient (Wildman–Crippen LogP) is -0.929. The molecule has 1 unspecified atom stereocenters. The molecule has 0 saturated carbocycles. The molecule has 0 aromatic heterocycles. The van der Waals surface area contributed by atoms with Gasteiger partial charge in [0.2, 0.25) is 11.8 Å². The summed E-state index contributed by atoms with van der Waals surface area (Å²) < 4.78 is 0. The molecule has 2 atom stereocenters. The van der Waals surface area contributed by atoms with E-state index in [0.717, 1.165) is 6.42 Å². The van der Waals surface area contributed by atoms with Crippen molar-refractivity contribution < 1.29 is 9.59 Å². The molecule has 14 heavy (non-hydrogen) atoms. The molecule has 0 aromatic carbocycles. The van der Waals surface area contributed by atoms with Crippen molar-refractivity contribution in [3.63, 3.8) is 0 Å². The Labute approximate surface area is 83.6 Å². The van der Waals surface area contributed by atoms with Crippen LogP contribution in [0.15, 0.2) is 0 Å². The van der Waals surface area contributed by atoms with E-state index in [2.05, 4.69) is 5.32 Å². The van der Waals surface area contributed by atoms with E-state index >= 15 is 0 Å². The highest BCUT2D eigenvalue weighted by Gasteiger charge is 2.27. The Kier molecular flexibility index (Phi) is 3.46. The maximum absolute atomic E-state index is 11.5. The third kappa shape index (κ3) is 2.70. The molecular weight excluding hydrogens is 182 g/mol. The third-order valence-corrected chi connectivity index (χ3v) is 2.30. The fourth-order valence-electron chi connectivity index (χ4n) is 1.65. The summed E-state index contributed by atoms with van der Waals surface area (Å²) >= 11 is 0. The summed E-state index contributed by atoms with van der Waals surface area (Å²) in [6, 6.07) is -0.360. The second-order valence-corrected chi connectivity index (χ2v) is 3.76. The van der Waals surface area contributed by atoms with E-state index in [4.69, 9.17) is 5.73 Å². The van der Waals surface area contributed by atoms with Crippen LogP contribution in [-0.2, 0) is 9.59 Å². The van der Waals surface area contributed by atoms with Crippen molar-refractivity contribution in [1.82, 2.24) is 10.2 Å². The average Bonchev–Trinajstić information content (AvgIpc) is 2.50. The normalized spacial score (nSPS) is 23.4. The smallest absolute Gasteiger partial charge is 0.239 e. The van der Waals surface area contributed by atoms with Crippen molar-refractivity contribution in [2.75, 3.05) is 13.1 Å². The van der Waals surface area contributed by atoms with Crippen LogP contribution in [0, 0.1) is 0 Å². The first-order chi connectivity index (χ1) is 6.50. The van der Waals surface area contributed by atoms with Crippen LogP contribution in [0.3, 0.4) is 0 Å².